The molecule has 5 rings (SSSR count). The molecule has 0 aromatic heterocycles. The third-order valence-corrected chi connectivity index (χ3v) is 9.01. The summed E-state index contributed by atoms with van der Waals surface area (Å²) in [7, 11) is -4.13. The second-order valence-electron chi connectivity index (χ2n) is 9.62. The number of benzene rings is 3. The number of halogens is 1. The van der Waals surface area contributed by atoms with Crippen LogP contribution >= 0.6 is 0 Å². The highest BCUT2D eigenvalue weighted by molar-refractivity contribution is 7.89. The first-order chi connectivity index (χ1) is 17.7. The first-order valence-electron chi connectivity index (χ1n) is 12.4. The molecule has 1 unspecified atom stereocenters. The van der Waals surface area contributed by atoms with Crippen LogP contribution in [0.3, 0.4) is 0 Å². The highest BCUT2D eigenvalue weighted by atomic mass is 32.2. The van der Waals surface area contributed by atoms with Crippen LogP contribution in [0.25, 0.3) is 10.8 Å². The van der Waals surface area contributed by atoms with Gasteiger partial charge in [0, 0.05) is 30.7 Å². The molecule has 1 saturated heterocycles. The average molecular weight is 525 g/mol. The molecule has 2 aliphatic rings. The molecule has 3 N–H and O–H groups in total. The quantitative estimate of drug-likeness (QED) is 0.533. The number of hydrogen-bond donors (Lipinski definition) is 2. The van der Waals surface area contributed by atoms with Crippen LogP contribution in [0.5, 0.6) is 0 Å². The molecule has 2 amide bonds. The lowest BCUT2D eigenvalue weighted by Crippen LogP contribution is -2.56. The summed E-state index contributed by atoms with van der Waals surface area (Å²) in [6, 6.07) is 17.1. The van der Waals surface area contributed by atoms with Crippen LogP contribution in [0.2, 0.25) is 0 Å². The van der Waals surface area contributed by atoms with E-state index < -0.39 is 33.8 Å². The Morgan fingerprint density at radius 1 is 0.892 bits per heavy atom. The Kier molecular flexibility index (Phi) is 6.98. The zero-order chi connectivity index (χ0) is 26.2. The van der Waals surface area contributed by atoms with Crippen LogP contribution in [0.4, 0.5) is 4.39 Å². The Balaban J connectivity index is 1.48. The summed E-state index contributed by atoms with van der Waals surface area (Å²) in [5, 5.41) is 4.60. The summed E-state index contributed by atoms with van der Waals surface area (Å²) in [6.45, 7) is -0.0215. The summed E-state index contributed by atoms with van der Waals surface area (Å²) >= 11 is 0. The molecule has 0 bridgehead atoms. The molecule has 194 valence electrons. The van der Waals surface area contributed by atoms with Gasteiger partial charge in [0.15, 0.2) is 6.17 Å². The Morgan fingerprint density at radius 3 is 2.27 bits per heavy atom. The van der Waals surface area contributed by atoms with Crippen LogP contribution in [0.1, 0.15) is 36.0 Å². The van der Waals surface area contributed by atoms with E-state index in [4.69, 9.17) is 5.73 Å². The largest absolute Gasteiger partial charge is 0.350 e. The number of nitrogens with zero attached hydrogens (tertiary/aromatic N) is 2. The summed E-state index contributed by atoms with van der Waals surface area (Å²) in [5.74, 6) is -1.59. The van der Waals surface area contributed by atoms with Gasteiger partial charge in [0.25, 0.3) is 11.8 Å². The second kappa shape index (κ2) is 10.2. The van der Waals surface area contributed by atoms with Gasteiger partial charge in [-0.3, -0.25) is 9.59 Å². The number of rotatable bonds is 5. The van der Waals surface area contributed by atoms with Crippen LogP contribution in [0, 0.1) is 5.82 Å². The molecule has 0 spiro atoms. The third-order valence-electron chi connectivity index (χ3n) is 7.16. The van der Waals surface area contributed by atoms with Crippen LogP contribution in [-0.4, -0.2) is 60.8 Å². The molecular weight excluding hydrogens is 495 g/mol. The van der Waals surface area contributed by atoms with Gasteiger partial charge in [-0.2, -0.15) is 4.31 Å². The SMILES string of the molecule is NC1CCC(NC(=O)C2N(C(=O)c3ccc(F)cc3)CCN2S(=O)(=O)c2ccc3ccccc3c2)CC1. The number of nitrogens with one attached hydrogen (secondary N) is 1. The summed E-state index contributed by atoms with van der Waals surface area (Å²) < 4.78 is 42.2. The maximum absolute atomic E-state index is 13.8. The van der Waals surface area contributed by atoms with Crippen molar-refractivity contribution in [1.82, 2.24) is 14.5 Å². The van der Waals surface area contributed by atoms with Gasteiger partial charge < -0.3 is 16.0 Å². The fraction of sp³-hybridized carbons (Fsp3) is 0.333. The average Bonchev–Trinajstić information content (AvgIpc) is 3.36. The summed E-state index contributed by atoms with van der Waals surface area (Å²) in [4.78, 5) is 28.3. The molecule has 1 aliphatic heterocycles. The standard InChI is InChI=1S/C27H29FN4O4S/c28-21-8-5-19(6-9-21)27(34)31-15-16-32(26(31)25(33)30-23-12-10-22(29)11-13-23)37(35,36)24-14-7-18-3-1-2-4-20(18)17-24/h1-9,14,17,22-23,26H,10-13,15-16,29H2,(H,30,33). The first-order valence-corrected chi connectivity index (χ1v) is 13.8. The van der Waals surface area contributed by atoms with Crippen molar-refractivity contribution in [3.8, 4) is 0 Å². The molecule has 1 atom stereocenters. The molecule has 3 aromatic rings. The van der Waals surface area contributed by atoms with E-state index in [0.717, 1.165) is 40.1 Å². The lowest BCUT2D eigenvalue weighted by atomic mass is 9.92. The van der Waals surface area contributed by atoms with Gasteiger partial charge in [0.2, 0.25) is 10.0 Å². The topological polar surface area (TPSA) is 113 Å². The van der Waals surface area contributed by atoms with Crippen LogP contribution in [-0.2, 0) is 14.8 Å². The molecule has 10 heteroatoms. The van der Waals surface area contributed by atoms with Gasteiger partial charge in [-0.1, -0.05) is 30.3 Å². The minimum absolute atomic E-state index is 0.0245. The maximum atomic E-state index is 13.8. The number of fused-ring (bicyclic) bond motifs is 1. The van der Waals surface area contributed by atoms with Crippen molar-refractivity contribution in [1.29, 1.82) is 0 Å². The van der Waals surface area contributed by atoms with E-state index in [1.54, 1.807) is 12.1 Å². The van der Waals surface area contributed by atoms with Gasteiger partial charge in [0.1, 0.15) is 5.82 Å². The second-order valence-corrected chi connectivity index (χ2v) is 11.5. The van der Waals surface area contributed by atoms with Gasteiger partial charge in [-0.05, 0) is 72.9 Å². The number of nitrogens with two attached hydrogens (primary N) is 1. The van der Waals surface area contributed by atoms with Gasteiger partial charge >= 0.3 is 0 Å². The van der Waals surface area contributed by atoms with Crippen LogP contribution in [0.15, 0.2) is 71.6 Å². The molecule has 1 aliphatic carbocycles. The van der Waals surface area contributed by atoms with E-state index in [1.807, 2.05) is 24.3 Å². The van der Waals surface area contributed by atoms with E-state index in [2.05, 4.69) is 5.32 Å². The van der Waals surface area contributed by atoms with Crippen molar-refractivity contribution < 1.29 is 22.4 Å². The Bertz CT molecular complexity index is 1420. The number of carbonyl (C=O) groups excluding carboxylic acids is 2. The highest BCUT2D eigenvalue weighted by Gasteiger charge is 2.47. The molecule has 3 aromatic carbocycles. The third kappa shape index (κ3) is 5.09. The molecule has 0 radical (unpaired) electrons. The normalized spacial score (nSPS) is 22.8. The van der Waals surface area contributed by atoms with Gasteiger partial charge in [-0.25, -0.2) is 12.8 Å². The zero-order valence-corrected chi connectivity index (χ0v) is 21.0. The van der Waals surface area contributed by atoms with Crippen LogP contribution < -0.4 is 11.1 Å². The van der Waals surface area contributed by atoms with Gasteiger partial charge in [0.05, 0.1) is 4.90 Å². The van der Waals surface area contributed by atoms with E-state index in [-0.39, 0.29) is 35.6 Å². The molecular formula is C27H29FN4O4S. The number of amides is 2. The Morgan fingerprint density at radius 2 is 1.57 bits per heavy atom. The van der Waals surface area contributed by atoms with Crippen molar-refractivity contribution in [3.63, 3.8) is 0 Å². The minimum Gasteiger partial charge on any atom is -0.350 e. The minimum atomic E-state index is -4.13. The van der Waals surface area contributed by atoms with Gasteiger partial charge in [-0.15, -0.1) is 0 Å². The van der Waals surface area contributed by atoms with Crippen molar-refractivity contribution in [2.45, 2.75) is 48.8 Å². The maximum Gasteiger partial charge on any atom is 0.259 e. The fourth-order valence-electron chi connectivity index (χ4n) is 5.10. The van der Waals surface area contributed by atoms with Crippen molar-refractivity contribution in [3.05, 3.63) is 78.1 Å². The Labute approximate surface area is 215 Å². The fourth-order valence-corrected chi connectivity index (χ4v) is 6.68. The monoisotopic (exact) mass is 524 g/mol. The predicted molar refractivity (Wildman–Crippen MR) is 137 cm³/mol. The first kappa shape index (κ1) is 25.3. The van der Waals surface area contributed by atoms with Crippen molar-refractivity contribution >= 4 is 32.6 Å². The van der Waals surface area contributed by atoms with E-state index in [9.17, 15) is 22.4 Å². The summed E-state index contributed by atoms with van der Waals surface area (Å²) in [5.41, 5.74) is 6.16. The molecule has 1 saturated carbocycles. The van der Waals surface area contributed by atoms with E-state index in [0.29, 0.717) is 12.8 Å². The number of carbonyl (C=O) groups is 2. The molecule has 1 heterocycles. The molecule has 2 fully saturated rings. The Hall–Kier alpha value is -3.34. The van der Waals surface area contributed by atoms with Crippen molar-refractivity contribution in [2.24, 2.45) is 5.73 Å². The number of hydrogen-bond acceptors (Lipinski definition) is 5. The molecule has 37 heavy (non-hydrogen) atoms. The lowest BCUT2D eigenvalue weighted by Gasteiger charge is -2.32. The summed E-state index contributed by atoms with van der Waals surface area (Å²) in [6.07, 6.45) is 1.51. The zero-order valence-electron chi connectivity index (χ0n) is 20.2. The van der Waals surface area contributed by atoms with Crippen molar-refractivity contribution in [2.75, 3.05) is 13.1 Å². The number of sulfonamides is 1. The van der Waals surface area contributed by atoms with E-state index >= 15 is 0 Å². The lowest BCUT2D eigenvalue weighted by molar-refractivity contribution is -0.128. The van der Waals surface area contributed by atoms with E-state index in [1.165, 1.54) is 23.1 Å². The predicted octanol–water partition coefficient (Wildman–Crippen LogP) is 2.84. The smallest absolute Gasteiger partial charge is 0.259 e. The highest BCUT2D eigenvalue weighted by Crippen LogP contribution is 2.29. The molecule has 8 nitrogen and oxygen atoms in total.